The molecule has 0 bridgehead atoms. The maximum atomic E-state index is 5.83. The Morgan fingerprint density at radius 3 is 2.33 bits per heavy atom. The van der Waals surface area contributed by atoms with Gasteiger partial charge in [0, 0.05) is 18.6 Å². The Kier molecular flexibility index (Phi) is 3.53. The number of hydrogen-bond donors (Lipinski definition) is 1. The Balaban J connectivity index is 2.25. The van der Waals surface area contributed by atoms with Crippen molar-refractivity contribution in [3.05, 3.63) is 0 Å². The molecule has 0 aromatic heterocycles. The van der Waals surface area contributed by atoms with Crippen LogP contribution in [0.5, 0.6) is 0 Å². The van der Waals surface area contributed by atoms with Crippen LogP contribution < -0.4 is 5.73 Å². The Labute approximate surface area is 76.1 Å². The minimum atomic E-state index is 0.331. The minimum absolute atomic E-state index is 0.331. The highest BCUT2D eigenvalue weighted by molar-refractivity contribution is 4.85. The van der Waals surface area contributed by atoms with Crippen LogP contribution in [0.15, 0.2) is 0 Å². The van der Waals surface area contributed by atoms with Gasteiger partial charge in [0.05, 0.1) is 0 Å². The quantitative estimate of drug-likeness (QED) is 0.676. The molecular formula is C10H22N2. The van der Waals surface area contributed by atoms with Crippen molar-refractivity contribution in [3.8, 4) is 0 Å². The molecular weight excluding hydrogens is 148 g/mol. The van der Waals surface area contributed by atoms with E-state index in [0.29, 0.717) is 12.0 Å². The van der Waals surface area contributed by atoms with Crippen molar-refractivity contribution in [3.63, 3.8) is 0 Å². The number of nitrogens with zero attached hydrogens (tertiary/aromatic N) is 1. The second-order valence-electron chi connectivity index (χ2n) is 4.16. The lowest BCUT2D eigenvalue weighted by Gasteiger charge is -2.25. The van der Waals surface area contributed by atoms with Crippen LogP contribution in [-0.4, -0.2) is 30.1 Å². The smallest absolute Gasteiger partial charge is 0.00964 e. The lowest BCUT2D eigenvalue weighted by molar-refractivity contribution is 0.226. The molecule has 1 aliphatic carbocycles. The third-order valence-electron chi connectivity index (χ3n) is 2.89. The summed E-state index contributed by atoms with van der Waals surface area (Å²) in [6.45, 7) is 8.95. The van der Waals surface area contributed by atoms with E-state index in [-0.39, 0.29) is 0 Å². The molecule has 2 N–H and O–H groups in total. The summed E-state index contributed by atoms with van der Waals surface area (Å²) in [6, 6.07) is 1.22. The molecule has 2 unspecified atom stereocenters. The molecule has 2 nitrogen and oxygen atoms in total. The number of rotatable bonds is 5. The van der Waals surface area contributed by atoms with E-state index in [1.165, 1.54) is 25.9 Å². The molecule has 0 radical (unpaired) electrons. The Morgan fingerprint density at radius 1 is 1.42 bits per heavy atom. The molecule has 2 atom stereocenters. The van der Waals surface area contributed by atoms with Crippen LogP contribution in [-0.2, 0) is 0 Å². The SMILES string of the molecule is CCN(CC(C)C(C)N)C1CC1. The zero-order valence-corrected chi connectivity index (χ0v) is 8.59. The first-order valence-corrected chi connectivity index (χ1v) is 5.14. The summed E-state index contributed by atoms with van der Waals surface area (Å²) in [5.41, 5.74) is 5.83. The van der Waals surface area contributed by atoms with Crippen molar-refractivity contribution >= 4 is 0 Å². The standard InChI is InChI=1S/C10H22N2/c1-4-12(10-5-6-10)7-8(2)9(3)11/h8-10H,4-7,11H2,1-3H3. The average Bonchev–Trinajstić information content (AvgIpc) is 2.82. The first kappa shape index (κ1) is 10.0. The van der Waals surface area contributed by atoms with E-state index in [1.54, 1.807) is 0 Å². The molecule has 2 heteroatoms. The highest BCUT2D eigenvalue weighted by atomic mass is 15.2. The van der Waals surface area contributed by atoms with Crippen LogP contribution in [0.2, 0.25) is 0 Å². The van der Waals surface area contributed by atoms with Gasteiger partial charge in [0.15, 0.2) is 0 Å². The summed E-state index contributed by atoms with van der Waals surface area (Å²) < 4.78 is 0. The third-order valence-corrected chi connectivity index (χ3v) is 2.89. The van der Waals surface area contributed by atoms with E-state index in [4.69, 9.17) is 5.73 Å². The van der Waals surface area contributed by atoms with E-state index in [0.717, 1.165) is 6.04 Å². The van der Waals surface area contributed by atoms with Crippen molar-refractivity contribution in [1.82, 2.24) is 4.90 Å². The average molecular weight is 170 g/mol. The van der Waals surface area contributed by atoms with Crippen LogP contribution in [0.4, 0.5) is 0 Å². The van der Waals surface area contributed by atoms with Gasteiger partial charge in [0.1, 0.15) is 0 Å². The Morgan fingerprint density at radius 2 is 2.00 bits per heavy atom. The van der Waals surface area contributed by atoms with Crippen LogP contribution >= 0.6 is 0 Å². The van der Waals surface area contributed by atoms with E-state index >= 15 is 0 Å². The van der Waals surface area contributed by atoms with Crippen molar-refractivity contribution in [1.29, 1.82) is 0 Å². The van der Waals surface area contributed by atoms with Gasteiger partial charge < -0.3 is 10.6 Å². The molecule has 1 rings (SSSR count). The van der Waals surface area contributed by atoms with Crippen molar-refractivity contribution in [2.75, 3.05) is 13.1 Å². The summed E-state index contributed by atoms with van der Waals surface area (Å²) in [7, 11) is 0. The van der Waals surface area contributed by atoms with Gasteiger partial charge in [-0.15, -0.1) is 0 Å². The maximum absolute atomic E-state index is 5.83. The van der Waals surface area contributed by atoms with Crippen LogP contribution in [0.3, 0.4) is 0 Å². The summed E-state index contributed by atoms with van der Waals surface area (Å²) in [4.78, 5) is 2.56. The normalized spacial score (nSPS) is 22.8. The lowest BCUT2D eigenvalue weighted by Crippen LogP contribution is -2.37. The maximum Gasteiger partial charge on any atom is 0.00964 e. The van der Waals surface area contributed by atoms with Crippen LogP contribution in [0.1, 0.15) is 33.6 Å². The molecule has 0 saturated heterocycles. The highest BCUT2D eigenvalue weighted by Gasteiger charge is 2.28. The second kappa shape index (κ2) is 4.24. The molecule has 0 aromatic carbocycles. The Bertz CT molecular complexity index is 130. The van der Waals surface area contributed by atoms with Gasteiger partial charge in [-0.3, -0.25) is 0 Å². The molecule has 0 spiro atoms. The number of hydrogen-bond acceptors (Lipinski definition) is 2. The minimum Gasteiger partial charge on any atom is -0.328 e. The van der Waals surface area contributed by atoms with Crippen molar-refractivity contribution in [2.24, 2.45) is 11.7 Å². The molecule has 0 heterocycles. The van der Waals surface area contributed by atoms with Crippen molar-refractivity contribution in [2.45, 2.75) is 45.7 Å². The first-order chi connectivity index (χ1) is 5.65. The molecule has 12 heavy (non-hydrogen) atoms. The highest BCUT2D eigenvalue weighted by Crippen LogP contribution is 2.27. The molecule has 1 aliphatic rings. The monoisotopic (exact) mass is 170 g/mol. The van der Waals surface area contributed by atoms with Gasteiger partial charge in [-0.25, -0.2) is 0 Å². The topological polar surface area (TPSA) is 29.3 Å². The van der Waals surface area contributed by atoms with Crippen molar-refractivity contribution < 1.29 is 0 Å². The van der Waals surface area contributed by atoms with E-state index in [2.05, 4.69) is 25.7 Å². The second-order valence-corrected chi connectivity index (χ2v) is 4.16. The molecule has 0 amide bonds. The van der Waals surface area contributed by atoms with Gasteiger partial charge in [-0.05, 0) is 32.2 Å². The summed E-state index contributed by atoms with van der Waals surface area (Å²) in [5.74, 6) is 0.630. The van der Waals surface area contributed by atoms with Crippen LogP contribution in [0, 0.1) is 5.92 Å². The van der Waals surface area contributed by atoms with Crippen LogP contribution in [0.25, 0.3) is 0 Å². The number of nitrogens with two attached hydrogens (primary N) is 1. The summed E-state index contributed by atoms with van der Waals surface area (Å²) in [5, 5.41) is 0. The largest absolute Gasteiger partial charge is 0.328 e. The molecule has 0 aromatic rings. The fraction of sp³-hybridized carbons (Fsp3) is 1.00. The molecule has 1 fully saturated rings. The predicted octanol–water partition coefficient (Wildman–Crippen LogP) is 1.45. The fourth-order valence-electron chi connectivity index (χ4n) is 1.51. The molecule has 1 saturated carbocycles. The predicted molar refractivity (Wildman–Crippen MR) is 53.1 cm³/mol. The third kappa shape index (κ3) is 2.76. The van der Waals surface area contributed by atoms with Gasteiger partial charge in [-0.1, -0.05) is 13.8 Å². The lowest BCUT2D eigenvalue weighted by atomic mass is 10.0. The van der Waals surface area contributed by atoms with E-state index in [1.807, 2.05) is 0 Å². The van der Waals surface area contributed by atoms with Gasteiger partial charge in [0.2, 0.25) is 0 Å². The van der Waals surface area contributed by atoms with Gasteiger partial charge >= 0.3 is 0 Å². The molecule has 0 aliphatic heterocycles. The van der Waals surface area contributed by atoms with Gasteiger partial charge in [-0.2, -0.15) is 0 Å². The zero-order chi connectivity index (χ0) is 9.14. The Hall–Kier alpha value is -0.0800. The van der Waals surface area contributed by atoms with Gasteiger partial charge in [0.25, 0.3) is 0 Å². The first-order valence-electron chi connectivity index (χ1n) is 5.14. The summed E-state index contributed by atoms with van der Waals surface area (Å²) >= 11 is 0. The van der Waals surface area contributed by atoms with E-state index in [9.17, 15) is 0 Å². The zero-order valence-electron chi connectivity index (χ0n) is 8.59. The molecule has 72 valence electrons. The summed E-state index contributed by atoms with van der Waals surface area (Å²) in [6.07, 6.45) is 2.80. The van der Waals surface area contributed by atoms with E-state index < -0.39 is 0 Å². The fourth-order valence-corrected chi connectivity index (χ4v) is 1.51.